The Bertz CT molecular complexity index is 1630. The van der Waals surface area contributed by atoms with Crippen molar-refractivity contribution in [1.29, 1.82) is 0 Å². The van der Waals surface area contributed by atoms with Gasteiger partial charge in [0.25, 0.3) is 0 Å². The maximum atomic E-state index is 8.29. The van der Waals surface area contributed by atoms with E-state index >= 15 is 0 Å². The minimum atomic E-state index is -2.94. The van der Waals surface area contributed by atoms with Crippen molar-refractivity contribution in [2.45, 2.75) is 27.0 Å². The Kier molecular flexibility index (Phi) is 3.26. The average Bonchev–Trinajstić information content (AvgIpc) is 3.22. The molecule has 2 heteroatoms. The van der Waals surface area contributed by atoms with Crippen molar-refractivity contribution < 1.29 is 18.6 Å². The topological polar surface area (TPSA) is 17.0 Å². The first-order valence-electron chi connectivity index (χ1n) is 13.8. The quantitative estimate of drug-likeness (QED) is 0.284. The molecule has 5 rings (SSSR count). The van der Waals surface area contributed by atoms with Gasteiger partial charge in [0.05, 0.1) is 5.56 Å². The summed E-state index contributed by atoms with van der Waals surface area (Å²) in [7, 11) is 1.98. The molecule has 0 atom stereocenters. The molecule has 3 aromatic carbocycles. The van der Waals surface area contributed by atoms with Gasteiger partial charge in [-0.1, -0.05) is 68.3 Å². The van der Waals surface area contributed by atoms with Crippen molar-refractivity contribution in [2.24, 2.45) is 12.9 Å². The molecule has 0 saturated heterocycles. The molecule has 0 aliphatic heterocycles. The number of benzene rings is 3. The van der Waals surface area contributed by atoms with Crippen molar-refractivity contribution in [2.75, 3.05) is 0 Å². The number of para-hydroxylation sites is 1. The number of nitrogens with zero attached hydrogens (tertiary/aromatic N) is 1. The van der Waals surface area contributed by atoms with Gasteiger partial charge in [-0.15, -0.1) is 0 Å². The summed E-state index contributed by atoms with van der Waals surface area (Å²) < 4.78 is 62.6. The largest absolute Gasteiger partial charge is 0.455 e. The summed E-state index contributed by atoms with van der Waals surface area (Å²) in [6.45, 7) is -3.82. The summed E-state index contributed by atoms with van der Waals surface area (Å²) >= 11 is 0. The van der Waals surface area contributed by atoms with Gasteiger partial charge in [0, 0.05) is 32.0 Å². The molecule has 0 spiro atoms. The van der Waals surface area contributed by atoms with Crippen molar-refractivity contribution in [3.05, 3.63) is 90.1 Å². The second-order valence-corrected chi connectivity index (χ2v) is 8.00. The van der Waals surface area contributed by atoms with Crippen LogP contribution in [-0.2, 0) is 13.5 Å². The van der Waals surface area contributed by atoms with E-state index in [0.29, 0.717) is 5.56 Å². The molecule has 154 valence electrons. The predicted molar refractivity (Wildman–Crippen MR) is 129 cm³/mol. The molecule has 0 bridgehead atoms. The lowest BCUT2D eigenvalue weighted by Crippen LogP contribution is -2.31. The summed E-state index contributed by atoms with van der Waals surface area (Å²) in [5, 5.41) is 2.15. The summed E-state index contributed by atoms with van der Waals surface area (Å²) in [6, 6.07) is 23.3. The molecule has 2 aromatic heterocycles. The Labute approximate surface area is 193 Å². The van der Waals surface area contributed by atoms with E-state index in [4.69, 9.17) is 14.0 Å². The van der Waals surface area contributed by atoms with E-state index < -0.39 is 26.0 Å². The van der Waals surface area contributed by atoms with Crippen molar-refractivity contribution in [3.8, 4) is 22.4 Å². The molecule has 31 heavy (non-hydrogen) atoms. The van der Waals surface area contributed by atoms with E-state index in [0.717, 1.165) is 49.9 Å². The van der Waals surface area contributed by atoms with Gasteiger partial charge in [-0.25, -0.2) is 4.57 Å². The highest BCUT2D eigenvalue weighted by Gasteiger charge is 2.20. The van der Waals surface area contributed by atoms with Crippen molar-refractivity contribution in [1.82, 2.24) is 0 Å². The van der Waals surface area contributed by atoms with E-state index in [1.807, 2.05) is 49.6 Å². The van der Waals surface area contributed by atoms with E-state index in [1.54, 1.807) is 12.1 Å². The highest BCUT2D eigenvalue weighted by Crippen LogP contribution is 2.37. The fraction of sp³-hybridized carbons (Fsp3) is 0.207. The van der Waals surface area contributed by atoms with E-state index in [2.05, 4.69) is 35.8 Å². The van der Waals surface area contributed by atoms with Crippen LogP contribution in [0, 0.1) is 12.8 Å². The molecule has 0 saturated carbocycles. The van der Waals surface area contributed by atoms with Gasteiger partial charge in [-0.05, 0) is 48.1 Å². The van der Waals surface area contributed by atoms with Crippen LogP contribution in [0.3, 0.4) is 0 Å². The second-order valence-electron chi connectivity index (χ2n) is 8.00. The van der Waals surface area contributed by atoms with Crippen LogP contribution in [0.4, 0.5) is 0 Å². The molecule has 0 amide bonds. The molecule has 2 nitrogen and oxygen atoms in total. The predicted octanol–water partition coefficient (Wildman–Crippen LogP) is 7.25. The lowest BCUT2D eigenvalue weighted by Gasteiger charge is -2.08. The highest BCUT2D eigenvalue weighted by atomic mass is 16.3. The number of hydrogen-bond acceptors (Lipinski definition) is 1. The Hall–Kier alpha value is -3.39. The van der Waals surface area contributed by atoms with Crippen molar-refractivity contribution in [3.63, 3.8) is 0 Å². The van der Waals surface area contributed by atoms with Gasteiger partial charge >= 0.3 is 0 Å². The van der Waals surface area contributed by atoms with Crippen LogP contribution >= 0.6 is 0 Å². The number of pyridine rings is 1. The smallest absolute Gasteiger partial charge is 0.216 e. The first-order valence-corrected chi connectivity index (χ1v) is 10.3. The van der Waals surface area contributed by atoms with Gasteiger partial charge in [-0.2, -0.15) is 0 Å². The lowest BCUT2D eigenvalue weighted by atomic mass is 9.98. The summed E-state index contributed by atoms with van der Waals surface area (Å²) in [6.07, 6.45) is 1.62. The number of furan rings is 1. The Morgan fingerprint density at radius 2 is 1.68 bits per heavy atom. The number of hydrogen-bond donors (Lipinski definition) is 0. The molecule has 0 radical (unpaired) electrons. The molecule has 2 heterocycles. The monoisotopic (exact) mass is 413 g/mol. The van der Waals surface area contributed by atoms with Gasteiger partial charge in [0.15, 0.2) is 6.20 Å². The van der Waals surface area contributed by atoms with Crippen LogP contribution < -0.4 is 4.57 Å². The van der Waals surface area contributed by atoms with Crippen LogP contribution in [0.5, 0.6) is 0 Å². The molecular formula is C29H28NO+. The standard InChI is InChI=1S/C29H28NO/c1-19(2)17-21-10-12-22(13-11-21)23-14-16-26(30(4)18-23)28-20(3)9-15-25-24-7-5-6-8-27(24)31-29(25)28/h5-16,18-19H,17H2,1-4H3/q+1/i1D3,2D3,19D. The van der Waals surface area contributed by atoms with Crippen LogP contribution in [0.15, 0.2) is 83.4 Å². The van der Waals surface area contributed by atoms with Crippen LogP contribution in [-0.4, -0.2) is 0 Å². The third kappa shape index (κ3) is 3.53. The molecule has 0 unspecified atom stereocenters. The van der Waals surface area contributed by atoms with E-state index in [-0.39, 0.29) is 0 Å². The fourth-order valence-corrected chi connectivity index (χ4v) is 4.26. The normalized spacial score (nSPS) is 16.1. The zero-order chi connectivity index (χ0) is 27.5. The third-order valence-electron chi connectivity index (χ3n) is 5.81. The highest BCUT2D eigenvalue weighted by molar-refractivity contribution is 6.09. The van der Waals surface area contributed by atoms with Crippen LogP contribution in [0.1, 0.15) is 34.4 Å². The zero-order valence-electron chi connectivity index (χ0n) is 24.6. The maximum Gasteiger partial charge on any atom is 0.216 e. The lowest BCUT2D eigenvalue weighted by molar-refractivity contribution is -0.659. The first kappa shape index (κ1) is 13.1. The molecular weight excluding hydrogens is 378 g/mol. The minimum absolute atomic E-state index is 0.395. The maximum absolute atomic E-state index is 8.29. The number of fused-ring (bicyclic) bond motifs is 3. The molecule has 0 N–H and O–H groups in total. The summed E-state index contributed by atoms with van der Waals surface area (Å²) in [5.41, 5.74) is 7.17. The number of aromatic nitrogens is 1. The molecule has 5 aromatic rings. The van der Waals surface area contributed by atoms with Crippen LogP contribution in [0.2, 0.25) is 0 Å². The molecule has 0 aliphatic rings. The fourth-order valence-electron chi connectivity index (χ4n) is 4.26. The van der Waals surface area contributed by atoms with E-state index in [1.165, 1.54) is 0 Å². The molecule has 0 fully saturated rings. The van der Waals surface area contributed by atoms with Crippen molar-refractivity contribution >= 4 is 21.9 Å². The first-order chi connectivity index (χ1) is 17.8. The Morgan fingerprint density at radius 3 is 2.45 bits per heavy atom. The van der Waals surface area contributed by atoms with E-state index in [9.17, 15) is 0 Å². The second kappa shape index (κ2) is 7.70. The Morgan fingerprint density at radius 1 is 0.903 bits per heavy atom. The SMILES string of the molecule is [2H]C([2H])([2H])C([2H])(Cc1ccc(-c2ccc(-c3c(C)ccc4c3oc3ccccc34)[n+](C)c2)cc1)C([2H])([2H])[2H]. The minimum Gasteiger partial charge on any atom is -0.455 e. The molecule has 0 aliphatic carbocycles. The number of rotatable bonds is 4. The summed E-state index contributed by atoms with van der Waals surface area (Å²) in [5.74, 6) is -2.58. The number of aryl methyl sites for hydroxylation is 2. The van der Waals surface area contributed by atoms with Gasteiger partial charge < -0.3 is 4.42 Å². The van der Waals surface area contributed by atoms with Gasteiger partial charge in [0.1, 0.15) is 18.2 Å². The van der Waals surface area contributed by atoms with Gasteiger partial charge in [-0.3, -0.25) is 0 Å². The summed E-state index contributed by atoms with van der Waals surface area (Å²) in [4.78, 5) is 0. The third-order valence-corrected chi connectivity index (χ3v) is 5.81. The van der Waals surface area contributed by atoms with Crippen LogP contribution in [0.25, 0.3) is 44.3 Å². The Balaban J connectivity index is 1.49. The zero-order valence-corrected chi connectivity index (χ0v) is 17.6. The average molecular weight is 414 g/mol. The van der Waals surface area contributed by atoms with Gasteiger partial charge in [0.2, 0.25) is 5.69 Å².